The number of hydrogen-bond acceptors (Lipinski definition) is 4. The average Bonchev–Trinajstić information content (AvgIpc) is 2.64. The lowest BCUT2D eigenvalue weighted by atomic mass is 9.85. The molecule has 1 aromatic rings. The van der Waals surface area contributed by atoms with Crippen molar-refractivity contribution in [2.24, 2.45) is 0 Å². The molecule has 0 radical (unpaired) electrons. The molecule has 2 aliphatic rings. The van der Waals surface area contributed by atoms with Crippen LogP contribution in [0.2, 0.25) is 0 Å². The van der Waals surface area contributed by atoms with Gasteiger partial charge in [0.25, 0.3) is 0 Å². The number of nitrogens with zero attached hydrogens (tertiary/aromatic N) is 2. The lowest BCUT2D eigenvalue weighted by molar-refractivity contribution is -0.137. The van der Waals surface area contributed by atoms with Crippen LogP contribution in [0.25, 0.3) is 0 Å². The Kier molecular flexibility index (Phi) is 5.89. The van der Waals surface area contributed by atoms with E-state index in [1.165, 1.54) is 12.1 Å². The standard InChI is InChI=1S/C19H21F3N4O2/c20-19(21,22)12-4-3-5-13(10-12)24-17(27)11-16-18(28)25-14-6-1-2-7-15(14)26(16)9-8-23/h3-5,10,14-16H,1-2,6-7,9,11H2,(H,24,27)(H,25,28)/t14-,15-,16+/m0/s1. The van der Waals surface area contributed by atoms with E-state index in [1.807, 2.05) is 0 Å². The number of halogens is 3. The van der Waals surface area contributed by atoms with Gasteiger partial charge in [0, 0.05) is 17.8 Å². The highest BCUT2D eigenvalue weighted by molar-refractivity contribution is 5.95. The van der Waals surface area contributed by atoms with Crippen molar-refractivity contribution in [3.63, 3.8) is 0 Å². The second-order valence-electron chi connectivity index (χ2n) is 7.14. The number of anilines is 1. The lowest BCUT2D eigenvalue weighted by Crippen LogP contribution is -2.66. The predicted octanol–water partition coefficient (Wildman–Crippen LogP) is 2.67. The first-order chi connectivity index (χ1) is 13.3. The molecule has 3 rings (SSSR count). The number of rotatable bonds is 4. The molecule has 0 bridgehead atoms. The monoisotopic (exact) mass is 394 g/mol. The number of carbonyl (C=O) groups excluding carboxylic acids is 2. The molecule has 0 aromatic heterocycles. The van der Waals surface area contributed by atoms with E-state index in [9.17, 15) is 22.8 Å². The predicted molar refractivity (Wildman–Crippen MR) is 95.0 cm³/mol. The molecule has 1 saturated carbocycles. The van der Waals surface area contributed by atoms with E-state index in [2.05, 4.69) is 16.7 Å². The zero-order valence-electron chi connectivity index (χ0n) is 15.1. The Hall–Kier alpha value is -2.60. The fourth-order valence-corrected chi connectivity index (χ4v) is 4.02. The number of alkyl halides is 3. The molecule has 6 nitrogen and oxygen atoms in total. The summed E-state index contributed by atoms with van der Waals surface area (Å²) in [4.78, 5) is 26.7. The molecule has 1 aliphatic carbocycles. The minimum absolute atomic E-state index is 0.00235. The Labute approximate surface area is 160 Å². The quantitative estimate of drug-likeness (QED) is 0.769. The summed E-state index contributed by atoms with van der Waals surface area (Å²) in [6, 6.07) is 5.55. The molecule has 1 heterocycles. The van der Waals surface area contributed by atoms with Gasteiger partial charge < -0.3 is 10.6 Å². The summed E-state index contributed by atoms with van der Waals surface area (Å²) in [6.45, 7) is 0.0239. The summed E-state index contributed by atoms with van der Waals surface area (Å²) < 4.78 is 38.5. The Morgan fingerprint density at radius 1 is 1.32 bits per heavy atom. The third-order valence-electron chi connectivity index (χ3n) is 5.29. The van der Waals surface area contributed by atoms with Gasteiger partial charge in [0.1, 0.15) is 0 Å². The van der Waals surface area contributed by atoms with E-state index < -0.39 is 23.7 Å². The molecular weight excluding hydrogens is 373 g/mol. The van der Waals surface area contributed by atoms with Crippen LogP contribution in [0.1, 0.15) is 37.7 Å². The van der Waals surface area contributed by atoms with Crippen LogP contribution >= 0.6 is 0 Å². The fourth-order valence-electron chi connectivity index (χ4n) is 4.02. The molecule has 28 heavy (non-hydrogen) atoms. The largest absolute Gasteiger partial charge is 0.416 e. The van der Waals surface area contributed by atoms with Gasteiger partial charge in [-0.15, -0.1) is 0 Å². The third kappa shape index (κ3) is 4.44. The number of benzene rings is 1. The average molecular weight is 394 g/mol. The molecule has 1 aromatic carbocycles. The van der Waals surface area contributed by atoms with E-state index in [4.69, 9.17) is 5.26 Å². The van der Waals surface area contributed by atoms with Crippen LogP contribution in [-0.4, -0.2) is 41.4 Å². The minimum atomic E-state index is -4.51. The van der Waals surface area contributed by atoms with Crippen LogP contribution in [0.5, 0.6) is 0 Å². The Balaban J connectivity index is 1.71. The maximum atomic E-state index is 12.8. The molecule has 0 spiro atoms. The normalized spacial score (nSPS) is 25.4. The zero-order valence-corrected chi connectivity index (χ0v) is 15.1. The molecule has 1 saturated heterocycles. The van der Waals surface area contributed by atoms with Crippen LogP contribution in [-0.2, 0) is 15.8 Å². The van der Waals surface area contributed by atoms with Crippen LogP contribution in [0.15, 0.2) is 24.3 Å². The van der Waals surface area contributed by atoms with E-state index in [1.54, 1.807) is 4.90 Å². The molecule has 3 atom stereocenters. The summed E-state index contributed by atoms with van der Waals surface area (Å²) in [5.74, 6) is -0.894. The van der Waals surface area contributed by atoms with Crippen molar-refractivity contribution in [1.29, 1.82) is 5.26 Å². The summed E-state index contributed by atoms with van der Waals surface area (Å²) in [5, 5.41) is 14.5. The smallest absolute Gasteiger partial charge is 0.350 e. The van der Waals surface area contributed by atoms with Gasteiger partial charge in [-0.3, -0.25) is 14.5 Å². The minimum Gasteiger partial charge on any atom is -0.350 e. The zero-order chi connectivity index (χ0) is 20.3. The number of nitrogens with one attached hydrogen (secondary N) is 2. The topological polar surface area (TPSA) is 85.2 Å². The first-order valence-corrected chi connectivity index (χ1v) is 9.20. The van der Waals surface area contributed by atoms with Crippen LogP contribution < -0.4 is 10.6 Å². The molecular formula is C19H21F3N4O2. The SMILES string of the molecule is N#CCN1[C@H](CC(=O)Nc2cccc(C(F)(F)F)c2)C(=O)N[C@H]2CCCC[C@@H]21. The van der Waals surface area contributed by atoms with Crippen molar-refractivity contribution in [3.8, 4) is 6.07 Å². The Morgan fingerprint density at radius 2 is 2.07 bits per heavy atom. The highest BCUT2D eigenvalue weighted by Crippen LogP contribution is 2.31. The van der Waals surface area contributed by atoms with Gasteiger partial charge >= 0.3 is 6.18 Å². The molecule has 150 valence electrons. The maximum absolute atomic E-state index is 12.8. The van der Waals surface area contributed by atoms with Gasteiger partial charge in [-0.25, -0.2) is 0 Å². The highest BCUT2D eigenvalue weighted by atomic mass is 19.4. The second-order valence-corrected chi connectivity index (χ2v) is 7.14. The van der Waals surface area contributed by atoms with Crippen molar-refractivity contribution in [3.05, 3.63) is 29.8 Å². The molecule has 1 aliphatic heterocycles. The summed E-state index contributed by atoms with van der Waals surface area (Å²) in [5.41, 5.74) is -0.852. The first kappa shape index (κ1) is 20.1. The third-order valence-corrected chi connectivity index (χ3v) is 5.29. The van der Waals surface area contributed by atoms with Crippen molar-refractivity contribution >= 4 is 17.5 Å². The fraction of sp³-hybridized carbons (Fsp3) is 0.526. The molecule has 9 heteroatoms. The van der Waals surface area contributed by atoms with Gasteiger partial charge in [0.2, 0.25) is 11.8 Å². The highest BCUT2D eigenvalue weighted by Gasteiger charge is 2.43. The lowest BCUT2D eigenvalue weighted by Gasteiger charge is -2.47. The summed E-state index contributed by atoms with van der Waals surface area (Å²) in [6.07, 6.45) is -1.08. The number of fused-ring (bicyclic) bond motifs is 1. The van der Waals surface area contributed by atoms with Crippen molar-refractivity contribution in [2.75, 3.05) is 11.9 Å². The van der Waals surface area contributed by atoms with Crippen LogP contribution in [0.3, 0.4) is 0 Å². The molecule has 2 N–H and O–H groups in total. The van der Waals surface area contributed by atoms with E-state index in [-0.39, 0.29) is 36.6 Å². The van der Waals surface area contributed by atoms with Crippen molar-refractivity contribution < 1.29 is 22.8 Å². The van der Waals surface area contributed by atoms with Gasteiger partial charge in [0.15, 0.2) is 0 Å². The number of carbonyl (C=O) groups is 2. The number of piperazine rings is 1. The molecule has 0 unspecified atom stereocenters. The van der Waals surface area contributed by atoms with E-state index in [0.717, 1.165) is 37.8 Å². The van der Waals surface area contributed by atoms with Crippen molar-refractivity contribution in [2.45, 2.75) is 56.4 Å². The number of amides is 2. The Morgan fingerprint density at radius 3 is 2.79 bits per heavy atom. The van der Waals surface area contributed by atoms with Gasteiger partial charge in [-0.2, -0.15) is 18.4 Å². The first-order valence-electron chi connectivity index (χ1n) is 9.20. The molecule has 2 fully saturated rings. The van der Waals surface area contributed by atoms with Crippen LogP contribution in [0.4, 0.5) is 18.9 Å². The molecule has 2 amide bonds. The Bertz CT molecular complexity index is 790. The van der Waals surface area contributed by atoms with Gasteiger partial charge in [0.05, 0.1) is 30.6 Å². The van der Waals surface area contributed by atoms with E-state index in [0.29, 0.717) is 0 Å². The second kappa shape index (κ2) is 8.19. The summed E-state index contributed by atoms with van der Waals surface area (Å²) in [7, 11) is 0. The van der Waals surface area contributed by atoms with E-state index >= 15 is 0 Å². The number of nitriles is 1. The van der Waals surface area contributed by atoms with Gasteiger partial charge in [-0.1, -0.05) is 18.9 Å². The van der Waals surface area contributed by atoms with Crippen molar-refractivity contribution in [1.82, 2.24) is 10.2 Å². The van der Waals surface area contributed by atoms with Gasteiger partial charge in [-0.05, 0) is 31.0 Å². The number of hydrogen-bond donors (Lipinski definition) is 2. The maximum Gasteiger partial charge on any atom is 0.416 e. The van der Waals surface area contributed by atoms with Crippen LogP contribution in [0, 0.1) is 11.3 Å². The summed E-state index contributed by atoms with van der Waals surface area (Å²) >= 11 is 0.